The van der Waals surface area contributed by atoms with Gasteiger partial charge >= 0.3 is 0 Å². The molecule has 2 N–H and O–H groups in total. The smallest absolute Gasteiger partial charge is 0.239 e. The molecule has 2 rings (SSSR count). The summed E-state index contributed by atoms with van der Waals surface area (Å²) in [5, 5.41) is 0. The Labute approximate surface area is 131 Å². The molecule has 0 atom stereocenters. The number of benzene rings is 1. The van der Waals surface area contributed by atoms with E-state index >= 15 is 0 Å². The standard InChI is InChI=1S/C16H22N2O2S/c1-18(12-7-6-8-13(11-12)20-2)15(19)16(14(17)21)9-4-3-5-10-16/h6-8,11H,3-5,9-10H2,1-2H3,(H2,17,21). The van der Waals surface area contributed by atoms with Gasteiger partial charge in [0.2, 0.25) is 5.91 Å². The summed E-state index contributed by atoms with van der Waals surface area (Å²) in [7, 11) is 3.38. The highest BCUT2D eigenvalue weighted by Gasteiger charge is 2.44. The van der Waals surface area contributed by atoms with E-state index in [-0.39, 0.29) is 5.91 Å². The molecule has 1 aliphatic rings. The number of amides is 1. The van der Waals surface area contributed by atoms with Crippen molar-refractivity contribution in [2.45, 2.75) is 32.1 Å². The Balaban J connectivity index is 2.29. The highest BCUT2D eigenvalue weighted by Crippen LogP contribution is 2.39. The third-order valence-electron chi connectivity index (χ3n) is 4.33. The molecule has 1 aromatic rings. The number of hydrogen-bond acceptors (Lipinski definition) is 3. The van der Waals surface area contributed by atoms with Crippen LogP contribution in [0.15, 0.2) is 24.3 Å². The van der Waals surface area contributed by atoms with Crippen molar-refractivity contribution < 1.29 is 9.53 Å². The van der Waals surface area contributed by atoms with E-state index in [1.54, 1.807) is 19.1 Å². The first-order valence-electron chi connectivity index (χ1n) is 7.23. The summed E-state index contributed by atoms with van der Waals surface area (Å²) in [6, 6.07) is 7.45. The van der Waals surface area contributed by atoms with Gasteiger partial charge in [-0.1, -0.05) is 37.5 Å². The molecule has 0 aromatic heterocycles. The van der Waals surface area contributed by atoms with E-state index in [4.69, 9.17) is 22.7 Å². The topological polar surface area (TPSA) is 55.6 Å². The third kappa shape index (κ3) is 3.02. The van der Waals surface area contributed by atoms with Crippen LogP contribution in [0.3, 0.4) is 0 Å². The van der Waals surface area contributed by atoms with Crippen LogP contribution in [0.1, 0.15) is 32.1 Å². The predicted molar refractivity (Wildman–Crippen MR) is 88.7 cm³/mol. The number of carbonyl (C=O) groups is 1. The summed E-state index contributed by atoms with van der Waals surface area (Å²) < 4.78 is 5.21. The van der Waals surface area contributed by atoms with Gasteiger partial charge in [0.05, 0.1) is 17.5 Å². The van der Waals surface area contributed by atoms with Crippen molar-refractivity contribution in [2.75, 3.05) is 19.1 Å². The van der Waals surface area contributed by atoms with Crippen LogP contribution >= 0.6 is 12.2 Å². The van der Waals surface area contributed by atoms with Crippen LogP contribution in [0.5, 0.6) is 5.75 Å². The molecule has 0 unspecified atom stereocenters. The average molecular weight is 306 g/mol. The first-order chi connectivity index (χ1) is 10.0. The van der Waals surface area contributed by atoms with E-state index in [9.17, 15) is 4.79 Å². The molecular formula is C16H22N2O2S. The minimum Gasteiger partial charge on any atom is -0.497 e. The lowest BCUT2D eigenvalue weighted by atomic mass is 9.73. The molecule has 21 heavy (non-hydrogen) atoms. The van der Waals surface area contributed by atoms with Crippen molar-refractivity contribution in [1.29, 1.82) is 0 Å². The van der Waals surface area contributed by atoms with Gasteiger partial charge in [0.15, 0.2) is 0 Å². The summed E-state index contributed by atoms with van der Waals surface area (Å²) in [6.45, 7) is 0. The molecule has 1 aliphatic carbocycles. The normalized spacial score (nSPS) is 17.0. The monoisotopic (exact) mass is 306 g/mol. The van der Waals surface area contributed by atoms with Gasteiger partial charge < -0.3 is 15.4 Å². The van der Waals surface area contributed by atoms with Gasteiger partial charge in [0.1, 0.15) is 5.75 Å². The molecule has 0 saturated heterocycles. The first-order valence-corrected chi connectivity index (χ1v) is 7.64. The van der Waals surface area contributed by atoms with E-state index < -0.39 is 5.41 Å². The van der Waals surface area contributed by atoms with Gasteiger partial charge in [-0.25, -0.2) is 0 Å². The van der Waals surface area contributed by atoms with Crippen molar-refractivity contribution in [3.63, 3.8) is 0 Å². The van der Waals surface area contributed by atoms with Gasteiger partial charge in [-0.2, -0.15) is 0 Å². The SMILES string of the molecule is COc1cccc(N(C)C(=O)C2(C(N)=S)CCCCC2)c1. The Bertz CT molecular complexity index is 539. The van der Waals surface area contributed by atoms with Gasteiger partial charge in [-0.05, 0) is 25.0 Å². The number of thiocarbonyl (C=S) groups is 1. The zero-order chi connectivity index (χ0) is 15.5. The van der Waals surface area contributed by atoms with E-state index in [1.807, 2.05) is 24.3 Å². The molecule has 1 fully saturated rings. The second-order valence-electron chi connectivity index (χ2n) is 5.57. The number of hydrogen-bond donors (Lipinski definition) is 1. The van der Waals surface area contributed by atoms with E-state index in [1.165, 1.54) is 0 Å². The van der Waals surface area contributed by atoms with Gasteiger partial charge in [-0.15, -0.1) is 0 Å². The number of ether oxygens (including phenoxy) is 1. The van der Waals surface area contributed by atoms with Crippen LogP contribution in [-0.4, -0.2) is 25.1 Å². The maximum absolute atomic E-state index is 13.0. The minimum absolute atomic E-state index is 0.0112. The number of rotatable bonds is 4. The lowest BCUT2D eigenvalue weighted by Crippen LogP contribution is -2.50. The molecule has 4 nitrogen and oxygen atoms in total. The summed E-state index contributed by atoms with van der Waals surface area (Å²) in [4.78, 5) is 14.9. The summed E-state index contributed by atoms with van der Waals surface area (Å²) in [5.41, 5.74) is 6.04. The van der Waals surface area contributed by atoms with Crippen LogP contribution in [-0.2, 0) is 4.79 Å². The Morgan fingerprint density at radius 3 is 2.57 bits per heavy atom. The summed E-state index contributed by atoms with van der Waals surface area (Å²) in [5.74, 6) is 0.711. The molecule has 0 radical (unpaired) electrons. The third-order valence-corrected chi connectivity index (χ3v) is 4.72. The highest BCUT2D eigenvalue weighted by molar-refractivity contribution is 7.80. The zero-order valence-corrected chi connectivity index (χ0v) is 13.4. The predicted octanol–water partition coefficient (Wildman–Crippen LogP) is 2.89. The molecule has 0 bridgehead atoms. The molecule has 1 amide bonds. The fourth-order valence-electron chi connectivity index (χ4n) is 2.98. The van der Waals surface area contributed by atoms with Gasteiger partial charge in [0, 0.05) is 18.8 Å². The Kier molecular flexibility index (Phi) is 4.83. The van der Waals surface area contributed by atoms with Crippen LogP contribution in [0, 0.1) is 5.41 Å². The first kappa shape index (κ1) is 15.8. The largest absolute Gasteiger partial charge is 0.497 e. The van der Waals surface area contributed by atoms with E-state index in [2.05, 4.69) is 0 Å². The zero-order valence-electron chi connectivity index (χ0n) is 12.6. The quantitative estimate of drug-likeness (QED) is 0.869. The molecular weight excluding hydrogens is 284 g/mol. The average Bonchev–Trinajstić information content (AvgIpc) is 2.54. The van der Waals surface area contributed by atoms with E-state index in [0.717, 1.165) is 43.5 Å². The molecule has 0 aliphatic heterocycles. The van der Waals surface area contributed by atoms with Crippen LogP contribution < -0.4 is 15.4 Å². The van der Waals surface area contributed by atoms with Gasteiger partial charge in [-0.3, -0.25) is 4.79 Å². The number of nitrogens with two attached hydrogens (primary N) is 1. The Hall–Kier alpha value is -1.62. The maximum Gasteiger partial charge on any atom is 0.239 e. The van der Waals surface area contributed by atoms with Gasteiger partial charge in [0.25, 0.3) is 0 Å². The van der Waals surface area contributed by atoms with Crippen LogP contribution in [0.4, 0.5) is 5.69 Å². The lowest BCUT2D eigenvalue weighted by Gasteiger charge is -2.37. The Morgan fingerprint density at radius 1 is 1.33 bits per heavy atom. The Morgan fingerprint density at radius 2 is 2.00 bits per heavy atom. The molecule has 0 spiro atoms. The second-order valence-corrected chi connectivity index (χ2v) is 6.01. The maximum atomic E-state index is 13.0. The fraction of sp³-hybridized carbons (Fsp3) is 0.500. The molecule has 5 heteroatoms. The fourth-order valence-corrected chi connectivity index (χ4v) is 3.27. The van der Waals surface area contributed by atoms with Crippen molar-refractivity contribution in [2.24, 2.45) is 11.1 Å². The van der Waals surface area contributed by atoms with Crippen molar-refractivity contribution in [3.8, 4) is 5.75 Å². The van der Waals surface area contributed by atoms with Crippen molar-refractivity contribution >= 4 is 28.8 Å². The summed E-state index contributed by atoms with van der Waals surface area (Å²) in [6.07, 6.45) is 4.62. The number of anilines is 1. The highest BCUT2D eigenvalue weighted by atomic mass is 32.1. The molecule has 0 heterocycles. The second kappa shape index (κ2) is 6.43. The van der Waals surface area contributed by atoms with Crippen molar-refractivity contribution in [1.82, 2.24) is 0 Å². The van der Waals surface area contributed by atoms with Crippen LogP contribution in [0.2, 0.25) is 0 Å². The number of nitrogens with zero attached hydrogens (tertiary/aromatic N) is 1. The van der Waals surface area contributed by atoms with Crippen molar-refractivity contribution in [3.05, 3.63) is 24.3 Å². The molecule has 1 aromatic carbocycles. The minimum atomic E-state index is -0.689. The van der Waals surface area contributed by atoms with E-state index in [0.29, 0.717) is 4.99 Å². The number of methoxy groups -OCH3 is 1. The lowest BCUT2D eigenvalue weighted by molar-refractivity contribution is -0.125. The summed E-state index contributed by atoms with van der Waals surface area (Å²) >= 11 is 5.23. The molecule has 1 saturated carbocycles. The van der Waals surface area contributed by atoms with Crippen LogP contribution in [0.25, 0.3) is 0 Å². The number of carbonyl (C=O) groups excluding carboxylic acids is 1. The molecule has 114 valence electrons.